The van der Waals surface area contributed by atoms with E-state index in [0.29, 0.717) is 11.8 Å². The number of fused-ring (bicyclic) bond motifs is 2. The third-order valence-corrected chi connectivity index (χ3v) is 6.56. The van der Waals surface area contributed by atoms with Crippen molar-refractivity contribution in [3.63, 3.8) is 0 Å². The van der Waals surface area contributed by atoms with Gasteiger partial charge in [0.05, 0.1) is 0 Å². The zero-order valence-electron chi connectivity index (χ0n) is 13.3. The van der Waals surface area contributed by atoms with Crippen molar-refractivity contribution in [1.82, 2.24) is 0 Å². The van der Waals surface area contributed by atoms with Gasteiger partial charge in [-0.2, -0.15) is 0 Å². The van der Waals surface area contributed by atoms with Crippen LogP contribution in [0.15, 0.2) is 60.7 Å². The average molecular weight is 434 g/mol. The van der Waals surface area contributed by atoms with E-state index in [0.717, 1.165) is 3.63 Å². The van der Waals surface area contributed by atoms with Crippen LogP contribution in [0.1, 0.15) is 46.9 Å². The topological polar surface area (TPSA) is 0 Å². The van der Waals surface area contributed by atoms with Gasteiger partial charge in [0, 0.05) is 0 Å². The monoisotopic (exact) mass is 431 g/mol. The van der Waals surface area contributed by atoms with Crippen LogP contribution in [0, 0.1) is 0 Å². The molecule has 2 aromatic carbocycles. The van der Waals surface area contributed by atoms with Crippen molar-refractivity contribution in [2.75, 3.05) is 0 Å². The number of hydrogen-bond donors (Lipinski definition) is 0. The molecule has 0 aliphatic heterocycles. The van der Waals surface area contributed by atoms with Gasteiger partial charge in [-0.25, -0.2) is 0 Å². The van der Waals surface area contributed by atoms with Crippen molar-refractivity contribution in [1.29, 1.82) is 0 Å². The molecule has 2 aliphatic rings. The second kappa shape index (κ2) is 8.66. The summed E-state index contributed by atoms with van der Waals surface area (Å²) in [5, 5.41) is 0. The van der Waals surface area contributed by atoms with Crippen molar-refractivity contribution in [3.05, 3.63) is 82.9 Å². The maximum absolute atomic E-state index is 2.42. The Morgan fingerprint density at radius 1 is 0.792 bits per heavy atom. The SMILES string of the molecule is [Cl-].[Cl-].[Zr+2][CH](CCC1C=Cc2ccccc21)C1C=Cc2ccccc21. The summed E-state index contributed by atoms with van der Waals surface area (Å²) in [6.07, 6.45) is 12.0. The average Bonchev–Trinajstić information content (AvgIpc) is 3.17. The van der Waals surface area contributed by atoms with Gasteiger partial charge in [0.15, 0.2) is 0 Å². The van der Waals surface area contributed by atoms with Crippen molar-refractivity contribution >= 4 is 12.2 Å². The number of rotatable bonds is 4. The molecule has 2 aromatic rings. The summed E-state index contributed by atoms with van der Waals surface area (Å²) in [4.78, 5) is 0. The Labute approximate surface area is 172 Å². The van der Waals surface area contributed by atoms with Gasteiger partial charge < -0.3 is 24.8 Å². The van der Waals surface area contributed by atoms with E-state index < -0.39 is 0 Å². The molecule has 3 unspecified atom stereocenters. The number of hydrogen-bond acceptors (Lipinski definition) is 0. The van der Waals surface area contributed by atoms with E-state index in [1.54, 1.807) is 24.7 Å². The molecule has 0 fully saturated rings. The van der Waals surface area contributed by atoms with Gasteiger partial charge in [-0.3, -0.25) is 0 Å². The third-order valence-electron chi connectivity index (χ3n) is 4.96. The van der Waals surface area contributed by atoms with Gasteiger partial charge in [-0.1, -0.05) is 0 Å². The van der Waals surface area contributed by atoms with Gasteiger partial charge in [0.25, 0.3) is 0 Å². The van der Waals surface area contributed by atoms with Crippen molar-refractivity contribution < 1.29 is 49.5 Å². The molecule has 0 radical (unpaired) electrons. The van der Waals surface area contributed by atoms with Crippen LogP contribution in [0.25, 0.3) is 12.2 Å². The molecule has 0 spiro atoms. The molecule has 2 aliphatic carbocycles. The van der Waals surface area contributed by atoms with E-state index in [4.69, 9.17) is 0 Å². The van der Waals surface area contributed by atoms with Crippen LogP contribution in [0.3, 0.4) is 0 Å². The summed E-state index contributed by atoms with van der Waals surface area (Å²) >= 11 is 1.66. The summed E-state index contributed by atoms with van der Waals surface area (Å²) in [6.45, 7) is 0. The van der Waals surface area contributed by atoms with Crippen molar-refractivity contribution in [2.24, 2.45) is 0 Å². The van der Waals surface area contributed by atoms with E-state index in [1.807, 2.05) is 0 Å². The normalized spacial score (nSPS) is 20.8. The van der Waals surface area contributed by atoms with Crippen LogP contribution >= 0.6 is 0 Å². The summed E-state index contributed by atoms with van der Waals surface area (Å²) < 4.78 is 0.785. The van der Waals surface area contributed by atoms with E-state index in [-0.39, 0.29) is 24.8 Å². The molecule has 0 amide bonds. The summed E-state index contributed by atoms with van der Waals surface area (Å²) in [6, 6.07) is 17.7. The second-order valence-corrected chi connectivity index (χ2v) is 8.12. The first-order valence-electron chi connectivity index (χ1n) is 8.08. The third kappa shape index (κ3) is 3.80. The summed E-state index contributed by atoms with van der Waals surface area (Å²) in [7, 11) is 0. The van der Waals surface area contributed by atoms with Crippen LogP contribution in [0.4, 0.5) is 0 Å². The standard InChI is InChI=1S/C21H19.2ClH.Zr/c1-3-10-20-16(6-1)12-14-18(20)8-5-9-19-15-13-17-7-2-4-11-21(17)19;;;/h1-4,6-8,10-15,18-19H,5,9H2;2*1H;/q;;;+2/p-2. The van der Waals surface area contributed by atoms with E-state index in [9.17, 15) is 0 Å². The summed E-state index contributed by atoms with van der Waals surface area (Å²) in [5.41, 5.74) is 5.89. The molecule has 0 N–H and O–H groups in total. The molecule has 0 saturated heterocycles. The Morgan fingerprint density at radius 3 is 2.12 bits per heavy atom. The fourth-order valence-electron chi connectivity index (χ4n) is 3.74. The van der Waals surface area contributed by atoms with Gasteiger partial charge >= 0.3 is 148 Å². The number of allylic oxidation sites excluding steroid dienone is 2. The molecule has 0 aromatic heterocycles. The van der Waals surface area contributed by atoms with E-state index >= 15 is 0 Å². The zero-order valence-corrected chi connectivity index (χ0v) is 17.3. The molecule has 4 rings (SSSR count). The quantitative estimate of drug-likeness (QED) is 0.623. The van der Waals surface area contributed by atoms with Crippen molar-refractivity contribution in [3.8, 4) is 0 Å². The van der Waals surface area contributed by atoms with Crippen LogP contribution in [-0.4, -0.2) is 0 Å². The van der Waals surface area contributed by atoms with Crippen LogP contribution in [0.2, 0.25) is 3.63 Å². The molecule has 0 bridgehead atoms. The molecule has 0 heterocycles. The van der Waals surface area contributed by atoms with Crippen LogP contribution in [-0.2, 0) is 24.7 Å². The first-order chi connectivity index (χ1) is 10.8. The predicted molar refractivity (Wildman–Crippen MR) is 89.4 cm³/mol. The molecule has 3 atom stereocenters. The molecule has 24 heavy (non-hydrogen) atoms. The Kier molecular flexibility index (Phi) is 7.11. The Hall–Kier alpha value is -0.617. The second-order valence-electron chi connectivity index (χ2n) is 6.29. The maximum atomic E-state index is 2.42. The van der Waals surface area contributed by atoms with Crippen LogP contribution < -0.4 is 24.8 Å². The minimum atomic E-state index is 0. The minimum absolute atomic E-state index is 0. The number of benzene rings is 2. The fourth-order valence-corrected chi connectivity index (χ4v) is 4.87. The Morgan fingerprint density at radius 2 is 1.38 bits per heavy atom. The molecule has 3 heteroatoms. The van der Waals surface area contributed by atoms with E-state index in [1.165, 1.54) is 35.1 Å². The molecular formula is C21H19Cl2Zr. The Balaban J connectivity index is 0.00000104. The first-order valence-corrected chi connectivity index (χ1v) is 9.50. The van der Waals surface area contributed by atoms with Gasteiger partial charge in [0.1, 0.15) is 0 Å². The Bertz CT molecular complexity index is 751. The molecular weight excluding hydrogens is 414 g/mol. The summed E-state index contributed by atoms with van der Waals surface area (Å²) in [5.74, 6) is 1.26. The van der Waals surface area contributed by atoms with Crippen LogP contribution in [0.5, 0.6) is 0 Å². The molecule has 0 saturated carbocycles. The first kappa shape index (κ1) is 19.7. The van der Waals surface area contributed by atoms with Gasteiger partial charge in [0.2, 0.25) is 0 Å². The van der Waals surface area contributed by atoms with Crippen molar-refractivity contribution in [2.45, 2.75) is 28.3 Å². The molecule has 121 valence electrons. The van der Waals surface area contributed by atoms with E-state index in [2.05, 4.69) is 72.8 Å². The van der Waals surface area contributed by atoms with Gasteiger partial charge in [-0.15, -0.1) is 0 Å². The fraction of sp³-hybridized carbons (Fsp3) is 0.238. The number of halogens is 2. The molecule has 0 nitrogen and oxygen atoms in total. The zero-order chi connectivity index (χ0) is 14.9. The predicted octanol–water partition coefficient (Wildman–Crippen LogP) is -0.269. The van der Waals surface area contributed by atoms with Gasteiger partial charge in [-0.05, 0) is 0 Å².